The van der Waals surface area contributed by atoms with Crippen molar-refractivity contribution in [1.29, 1.82) is 0 Å². The summed E-state index contributed by atoms with van der Waals surface area (Å²) in [6.07, 6.45) is 1.49. The fraction of sp³-hybridized carbons (Fsp3) is 0.400. The third kappa shape index (κ3) is 3.89. The molecule has 1 N–H and O–H groups in total. The van der Waals surface area contributed by atoms with Crippen LogP contribution in [0.5, 0.6) is 0 Å². The number of carboxylic acid groups (broad SMARTS) is 1. The van der Waals surface area contributed by atoms with Crippen LogP contribution in [0.2, 0.25) is 0 Å². The number of nitrogens with zero attached hydrogens (tertiary/aromatic N) is 1. The summed E-state index contributed by atoms with van der Waals surface area (Å²) in [5, 5.41) is 8.87. The first kappa shape index (κ1) is 12.0. The normalized spacial score (nSPS) is 10.2. The van der Waals surface area contributed by atoms with Gasteiger partial charge < -0.3 is 9.84 Å². The van der Waals surface area contributed by atoms with Crippen LogP contribution in [-0.4, -0.2) is 35.5 Å². The van der Waals surface area contributed by atoms with Gasteiger partial charge in [0, 0.05) is 24.8 Å². The Labute approximate surface area is 92.7 Å². The highest BCUT2D eigenvalue weighted by Crippen LogP contribution is 2.14. The van der Waals surface area contributed by atoms with Gasteiger partial charge in [-0.2, -0.15) is 11.8 Å². The predicted octanol–water partition coefficient (Wildman–Crippen LogP) is 1.66. The monoisotopic (exact) mass is 227 g/mol. The molecule has 0 radical (unpaired) electrons. The molecule has 0 aliphatic carbocycles. The van der Waals surface area contributed by atoms with Crippen LogP contribution in [0.1, 0.15) is 16.1 Å². The van der Waals surface area contributed by atoms with Gasteiger partial charge in [0.15, 0.2) is 5.69 Å². The number of aromatic carboxylic acids is 1. The molecule has 1 aromatic rings. The lowest BCUT2D eigenvalue weighted by Crippen LogP contribution is -2.04. The summed E-state index contributed by atoms with van der Waals surface area (Å²) >= 11 is 1.63. The van der Waals surface area contributed by atoms with Gasteiger partial charge in [0.2, 0.25) is 0 Å². The Morgan fingerprint density at radius 3 is 3.13 bits per heavy atom. The minimum Gasteiger partial charge on any atom is -0.477 e. The lowest BCUT2D eigenvalue weighted by molar-refractivity contribution is 0.0689. The first-order valence-electron chi connectivity index (χ1n) is 4.49. The van der Waals surface area contributed by atoms with Crippen LogP contribution < -0.4 is 0 Å². The van der Waals surface area contributed by atoms with E-state index in [-0.39, 0.29) is 5.69 Å². The number of thioether (sulfide) groups is 1. The molecular formula is C10H13NO3S. The van der Waals surface area contributed by atoms with E-state index in [2.05, 4.69) is 4.98 Å². The summed E-state index contributed by atoms with van der Waals surface area (Å²) < 4.78 is 4.90. The number of rotatable bonds is 6. The number of hydrogen-bond acceptors (Lipinski definition) is 4. The largest absolute Gasteiger partial charge is 0.477 e. The zero-order valence-corrected chi connectivity index (χ0v) is 9.29. The maximum absolute atomic E-state index is 10.8. The first-order chi connectivity index (χ1) is 7.25. The van der Waals surface area contributed by atoms with Crippen LogP contribution in [0.4, 0.5) is 0 Å². The molecule has 0 amide bonds. The number of hydrogen-bond donors (Lipinski definition) is 1. The lowest BCUT2D eigenvalue weighted by atomic mass is 10.2. The number of aromatic nitrogens is 1. The number of carbonyl (C=O) groups is 1. The van der Waals surface area contributed by atoms with E-state index in [1.807, 2.05) is 0 Å². The molecule has 1 aromatic heterocycles. The van der Waals surface area contributed by atoms with Crippen LogP contribution in [0.15, 0.2) is 18.3 Å². The molecular weight excluding hydrogens is 214 g/mol. The summed E-state index contributed by atoms with van der Waals surface area (Å²) in [5.74, 6) is 0.529. The van der Waals surface area contributed by atoms with Crippen LogP contribution in [0.25, 0.3) is 0 Å². The molecule has 0 fully saturated rings. The van der Waals surface area contributed by atoms with E-state index in [9.17, 15) is 4.79 Å². The van der Waals surface area contributed by atoms with E-state index in [1.165, 1.54) is 6.20 Å². The average Bonchev–Trinajstić information content (AvgIpc) is 2.25. The Morgan fingerprint density at radius 1 is 1.67 bits per heavy atom. The van der Waals surface area contributed by atoms with Crippen molar-refractivity contribution in [2.75, 3.05) is 19.5 Å². The molecule has 82 valence electrons. The van der Waals surface area contributed by atoms with Crippen LogP contribution >= 0.6 is 11.8 Å². The Bertz CT molecular complexity index is 330. The van der Waals surface area contributed by atoms with Gasteiger partial charge in [-0.3, -0.25) is 0 Å². The molecule has 0 spiro atoms. The van der Waals surface area contributed by atoms with Crippen molar-refractivity contribution in [3.05, 3.63) is 29.6 Å². The Kier molecular flexibility index (Phi) is 5.14. The van der Waals surface area contributed by atoms with Crippen molar-refractivity contribution >= 4 is 17.7 Å². The van der Waals surface area contributed by atoms with E-state index < -0.39 is 5.97 Å². The Hall–Kier alpha value is -1.07. The summed E-state index contributed by atoms with van der Waals surface area (Å²) in [5.41, 5.74) is 0.897. The fourth-order valence-corrected chi connectivity index (χ4v) is 1.95. The van der Waals surface area contributed by atoms with Gasteiger partial charge in [-0.25, -0.2) is 9.78 Å². The minimum absolute atomic E-state index is 0.141. The van der Waals surface area contributed by atoms with Crippen molar-refractivity contribution in [2.24, 2.45) is 0 Å². The zero-order valence-electron chi connectivity index (χ0n) is 8.47. The second-order valence-corrected chi connectivity index (χ2v) is 3.97. The molecule has 5 heteroatoms. The predicted molar refractivity (Wildman–Crippen MR) is 59.2 cm³/mol. The van der Waals surface area contributed by atoms with Crippen LogP contribution in [0, 0.1) is 0 Å². The van der Waals surface area contributed by atoms with Crippen LogP contribution in [-0.2, 0) is 10.5 Å². The molecule has 0 atom stereocenters. The molecule has 1 heterocycles. The quantitative estimate of drug-likeness (QED) is 0.749. The molecule has 0 saturated carbocycles. The van der Waals surface area contributed by atoms with E-state index in [0.717, 1.165) is 11.3 Å². The maximum atomic E-state index is 10.8. The van der Waals surface area contributed by atoms with Crippen molar-refractivity contribution < 1.29 is 14.6 Å². The first-order valence-corrected chi connectivity index (χ1v) is 5.65. The van der Waals surface area contributed by atoms with Crippen molar-refractivity contribution in [3.63, 3.8) is 0 Å². The topological polar surface area (TPSA) is 59.4 Å². The van der Waals surface area contributed by atoms with Crippen molar-refractivity contribution in [3.8, 4) is 0 Å². The van der Waals surface area contributed by atoms with Crippen molar-refractivity contribution in [1.82, 2.24) is 4.98 Å². The highest BCUT2D eigenvalue weighted by Gasteiger charge is 2.10. The summed E-state index contributed by atoms with van der Waals surface area (Å²) in [4.78, 5) is 14.6. The van der Waals surface area contributed by atoms with Crippen LogP contribution in [0.3, 0.4) is 0 Å². The second-order valence-electron chi connectivity index (χ2n) is 2.86. The third-order valence-electron chi connectivity index (χ3n) is 1.78. The minimum atomic E-state index is -0.974. The molecule has 0 unspecified atom stereocenters. The van der Waals surface area contributed by atoms with Gasteiger partial charge in [0.1, 0.15) is 0 Å². The molecule has 1 rings (SSSR count). The average molecular weight is 227 g/mol. The molecule has 0 aromatic carbocycles. The van der Waals surface area contributed by atoms with Gasteiger partial charge >= 0.3 is 5.97 Å². The molecule has 0 aliphatic heterocycles. The van der Waals surface area contributed by atoms with E-state index in [1.54, 1.807) is 31.0 Å². The molecule has 0 aliphatic rings. The third-order valence-corrected chi connectivity index (χ3v) is 2.75. The van der Waals surface area contributed by atoms with E-state index >= 15 is 0 Å². The molecule has 4 nitrogen and oxygen atoms in total. The van der Waals surface area contributed by atoms with Gasteiger partial charge in [-0.05, 0) is 11.6 Å². The Morgan fingerprint density at radius 2 is 2.47 bits per heavy atom. The van der Waals surface area contributed by atoms with Gasteiger partial charge in [0.05, 0.1) is 6.61 Å². The SMILES string of the molecule is COCCSCc1cccnc1C(=O)O. The smallest absolute Gasteiger partial charge is 0.354 e. The number of methoxy groups -OCH3 is 1. The molecule has 0 bridgehead atoms. The number of pyridine rings is 1. The van der Waals surface area contributed by atoms with Gasteiger partial charge in [0.25, 0.3) is 0 Å². The highest BCUT2D eigenvalue weighted by molar-refractivity contribution is 7.98. The van der Waals surface area contributed by atoms with Crippen molar-refractivity contribution in [2.45, 2.75) is 5.75 Å². The number of carboxylic acids is 1. The lowest BCUT2D eigenvalue weighted by Gasteiger charge is -2.04. The molecule has 0 saturated heterocycles. The van der Waals surface area contributed by atoms with E-state index in [4.69, 9.17) is 9.84 Å². The standard InChI is InChI=1S/C10H13NO3S/c1-14-5-6-15-7-8-3-2-4-11-9(8)10(12)13/h2-4H,5-7H2,1H3,(H,12,13). The van der Waals surface area contributed by atoms with Gasteiger partial charge in [-0.1, -0.05) is 6.07 Å². The summed E-state index contributed by atoms with van der Waals surface area (Å²) in [6.45, 7) is 0.674. The maximum Gasteiger partial charge on any atom is 0.354 e. The summed E-state index contributed by atoms with van der Waals surface area (Å²) in [6, 6.07) is 3.54. The second kappa shape index (κ2) is 6.42. The summed E-state index contributed by atoms with van der Waals surface area (Å²) in [7, 11) is 1.65. The Balaban J connectivity index is 2.56. The zero-order chi connectivity index (χ0) is 11.1. The van der Waals surface area contributed by atoms with Gasteiger partial charge in [-0.15, -0.1) is 0 Å². The van der Waals surface area contributed by atoms with E-state index in [0.29, 0.717) is 12.4 Å². The highest BCUT2D eigenvalue weighted by atomic mass is 32.2. The fourth-order valence-electron chi connectivity index (χ4n) is 1.07. The number of ether oxygens (including phenoxy) is 1. The molecule has 15 heavy (non-hydrogen) atoms.